The average molecular weight is 304 g/mol. The van der Waals surface area contributed by atoms with Gasteiger partial charge < -0.3 is 15.4 Å². The molecule has 2 N–H and O–H groups in total. The molecular formula is C18H28N2O2. The zero-order chi connectivity index (χ0) is 16.2. The van der Waals surface area contributed by atoms with Gasteiger partial charge in [0.15, 0.2) is 6.61 Å². The van der Waals surface area contributed by atoms with Crippen molar-refractivity contribution in [3.05, 3.63) is 29.8 Å². The van der Waals surface area contributed by atoms with E-state index in [0.29, 0.717) is 5.92 Å². The maximum atomic E-state index is 12.1. The molecule has 1 heterocycles. The predicted molar refractivity (Wildman–Crippen MR) is 89.2 cm³/mol. The zero-order valence-electron chi connectivity index (χ0n) is 14.1. The van der Waals surface area contributed by atoms with E-state index in [2.05, 4.69) is 44.4 Å². The van der Waals surface area contributed by atoms with Gasteiger partial charge in [-0.05, 0) is 35.9 Å². The van der Waals surface area contributed by atoms with Crippen LogP contribution in [0.3, 0.4) is 0 Å². The normalized spacial score (nSPS) is 22.2. The fourth-order valence-corrected chi connectivity index (χ4v) is 2.79. The summed E-state index contributed by atoms with van der Waals surface area (Å²) in [5, 5.41) is 6.39. The molecule has 2 unspecified atom stereocenters. The highest BCUT2D eigenvalue weighted by molar-refractivity contribution is 5.78. The molecule has 0 spiro atoms. The summed E-state index contributed by atoms with van der Waals surface area (Å²) in [5.41, 5.74) is 1.12. The molecule has 2 atom stereocenters. The van der Waals surface area contributed by atoms with Crippen molar-refractivity contribution < 1.29 is 9.53 Å². The number of para-hydroxylation sites is 1. The van der Waals surface area contributed by atoms with Crippen LogP contribution in [-0.4, -0.2) is 31.6 Å². The van der Waals surface area contributed by atoms with E-state index in [4.69, 9.17) is 4.74 Å². The van der Waals surface area contributed by atoms with Crippen molar-refractivity contribution in [1.29, 1.82) is 0 Å². The van der Waals surface area contributed by atoms with Crippen molar-refractivity contribution >= 4 is 5.91 Å². The van der Waals surface area contributed by atoms with Gasteiger partial charge in [0.1, 0.15) is 5.75 Å². The summed E-state index contributed by atoms with van der Waals surface area (Å²) < 4.78 is 5.77. The lowest BCUT2D eigenvalue weighted by Crippen LogP contribution is -2.51. The molecule has 0 saturated carbocycles. The molecule has 1 saturated heterocycles. The van der Waals surface area contributed by atoms with Gasteiger partial charge in [0.25, 0.3) is 5.91 Å². The second-order valence-corrected chi connectivity index (χ2v) is 7.18. The van der Waals surface area contributed by atoms with Crippen LogP contribution in [-0.2, 0) is 10.2 Å². The summed E-state index contributed by atoms with van der Waals surface area (Å²) >= 11 is 0. The quantitative estimate of drug-likeness (QED) is 0.898. The molecule has 0 aromatic heterocycles. The number of carbonyl (C=O) groups excluding carboxylic acids is 1. The molecule has 4 nitrogen and oxygen atoms in total. The third-order valence-corrected chi connectivity index (χ3v) is 4.23. The van der Waals surface area contributed by atoms with Gasteiger partial charge in [-0.25, -0.2) is 0 Å². The third-order valence-electron chi connectivity index (χ3n) is 4.23. The third kappa shape index (κ3) is 4.47. The fraction of sp³-hybridized carbons (Fsp3) is 0.611. The minimum Gasteiger partial charge on any atom is -0.483 e. The highest BCUT2D eigenvalue weighted by Crippen LogP contribution is 2.30. The maximum absolute atomic E-state index is 12.1. The van der Waals surface area contributed by atoms with Crippen LogP contribution in [0.25, 0.3) is 0 Å². The van der Waals surface area contributed by atoms with Crippen molar-refractivity contribution in [1.82, 2.24) is 10.6 Å². The predicted octanol–water partition coefficient (Wildman–Crippen LogP) is 2.48. The summed E-state index contributed by atoms with van der Waals surface area (Å²) in [6.45, 7) is 10.5. The lowest BCUT2D eigenvalue weighted by molar-refractivity contribution is -0.124. The number of benzene rings is 1. The number of hydrogen-bond donors (Lipinski definition) is 2. The van der Waals surface area contributed by atoms with Gasteiger partial charge in [0.2, 0.25) is 0 Å². The molecule has 0 bridgehead atoms. The topological polar surface area (TPSA) is 50.4 Å². The summed E-state index contributed by atoms with van der Waals surface area (Å²) in [5.74, 6) is 1.25. The number of nitrogens with one attached hydrogen (secondary N) is 2. The second kappa shape index (κ2) is 7.14. The van der Waals surface area contributed by atoms with Crippen LogP contribution < -0.4 is 15.4 Å². The maximum Gasteiger partial charge on any atom is 0.258 e. The summed E-state index contributed by atoms with van der Waals surface area (Å²) in [7, 11) is 0. The van der Waals surface area contributed by atoms with E-state index >= 15 is 0 Å². The van der Waals surface area contributed by atoms with Gasteiger partial charge in [-0.1, -0.05) is 45.9 Å². The van der Waals surface area contributed by atoms with Crippen molar-refractivity contribution in [3.8, 4) is 5.75 Å². The average Bonchev–Trinajstić information content (AvgIpc) is 2.47. The summed E-state index contributed by atoms with van der Waals surface area (Å²) in [6, 6.07) is 8.13. The summed E-state index contributed by atoms with van der Waals surface area (Å²) in [4.78, 5) is 12.1. The SMILES string of the molecule is CC1CCNCC1NC(=O)COc1ccccc1C(C)(C)C. The summed E-state index contributed by atoms with van der Waals surface area (Å²) in [6.07, 6.45) is 1.10. The van der Waals surface area contributed by atoms with Gasteiger partial charge in [0, 0.05) is 12.6 Å². The Kier molecular flexibility index (Phi) is 5.46. The smallest absolute Gasteiger partial charge is 0.258 e. The van der Waals surface area contributed by atoms with E-state index in [1.54, 1.807) is 0 Å². The number of amides is 1. The van der Waals surface area contributed by atoms with Crippen molar-refractivity contribution in [2.75, 3.05) is 19.7 Å². The molecule has 0 radical (unpaired) electrons. The Bertz CT molecular complexity index is 508. The van der Waals surface area contributed by atoms with Crippen molar-refractivity contribution in [2.45, 2.75) is 45.6 Å². The molecular weight excluding hydrogens is 276 g/mol. The van der Waals surface area contributed by atoms with E-state index in [-0.39, 0.29) is 24.0 Å². The Morgan fingerprint density at radius 3 is 2.77 bits per heavy atom. The fourth-order valence-electron chi connectivity index (χ4n) is 2.79. The van der Waals surface area contributed by atoms with E-state index in [0.717, 1.165) is 30.8 Å². The van der Waals surface area contributed by atoms with Gasteiger partial charge >= 0.3 is 0 Å². The van der Waals surface area contributed by atoms with Gasteiger partial charge in [-0.15, -0.1) is 0 Å². The number of rotatable bonds is 4. The monoisotopic (exact) mass is 304 g/mol. The molecule has 1 aromatic rings. The van der Waals surface area contributed by atoms with E-state index < -0.39 is 0 Å². The van der Waals surface area contributed by atoms with Gasteiger partial charge in [0.05, 0.1) is 0 Å². The number of ether oxygens (including phenoxy) is 1. The first-order valence-corrected chi connectivity index (χ1v) is 8.10. The lowest BCUT2D eigenvalue weighted by Gasteiger charge is -2.30. The Labute approximate surface area is 133 Å². The van der Waals surface area contributed by atoms with Crippen LogP contribution >= 0.6 is 0 Å². The molecule has 0 aliphatic carbocycles. The Morgan fingerprint density at radius 2 is 2.09 bits per heavy atom. The number of piperidine rings is 1. The van der Waals surface area contributed by atoms with Crippen molar-refractivity contribution in [3.63, 3.8) is 0 Å². The second-order valence-electron chi connectivity index (χ2n) is 7.18. The molecule has 1 aliphatic heterocycles. The number of carbonyl (C=O) groups is 1. The van der Waals surface area contributed by atoms with Crippen LogP contribution in [0.2, 0.25) is 0 Å². The minimum absolute atomic E-state index is 0.00509. The zero-order valence-corrected chi connectivity index (χ0v) is 14.1. The molecule has 1 aliphatic rings. The molecule has 22 heavy (non-hydrogen) atoms. The Morgan fingerprint density at radius 1 is 1.36 bits per heavy atom. The molecule has 1 aromatic carbocycles. The molecule has 1 fully saturated rings. The van der Waals surface area contributed by atoms with Crippen LogP contribution in [0.5, 0.6) is 5.75 Å². The van der Waals surface area contributed by atoms with Crippen LogP contribution in [0.1, 0.15) is 39.7 Å². The largest absolute Gasteiger partial charge is 0.483 e. The molecule has 122 valence electrons. The molecule has 4 heteroatoms. The standard InChI is InChI=1S/C18H28N2O2/c1-13-9-10-19-11-15(13)20-17(21)12-22-16-8-6-5-7-14(16)18(2,3)4/h5-8,13,15,19H,9-12H2,1-4H3,(H,20,21). The number of hydrogen-bond acceptors (Lipinski definition) is 3. The minimum atomic E-state index is -0.0516. The first-order valence-electron chi connectivity index (χ1n) is 8.10. The van der Waals surface area contributed by atoms with Crippen LogP contribution in [0, 0.1) is 5.92 Å². The lowest BCUT2D eigenvalue weighted by atomic mass is 9.86. The van der Waals surface area contributed by atoms with Crippen LogP contribution in [0.15, 0.2) is 24.3 Å². The molecule has 2 rings (SSSR count). The van der Waals surface area contributed by atoms with E-state index in [9.17, 15) is 4.79 Å². The van der Waals surface area contributed by atoms with Gasteiger partial charge in [-0.3, -0.25) is 4.79 Å². The van der Waals surface area contributed by atoms with E-state index in [1.165, 1.54) is 0 Å². The first-order chi connectivity index (χ1) is 10.4. The Hall–Kier alpha value is -1.55. The molecule has 1 amide bonds. The highest BCUT2D eigenvalue weighted by atomic mass is 16.5. The van der Waals surface area contributed by atoms with E-state index in [1.807, 2.05) is 18.2 Å². The van der Waals surface area contributed by atoms with Gasteiger partial charge in [-0.2, -0.15) is 0 Å². The van der Waals surface area contributed by atoms with Crippen molar-refractivity contribution in [2.24, 2.45) is 5.92 Å². The Balaban J connectivity index is 1.91. The highest BCUT2D eigenvalue weighted by Gasteiger charge is 2.23. The van der Waals surface area contributed by atoms with Crippen LogP contribution in [0.4, 0.5) is 0 Å². The first kappa shape index (κ1) is 16.8.